The lowest BCUT2D eigenvalue weighted by molar-refractivity contribution is 0.555. The number of hydrogen-bond donors (Lipinski definition) is 0. The Balaban J connectivity index is 2.99. The molecule has 1 rings (SSSR count). The fourth-order valence-corrected chi connectivity index (χ4v) is 2.06. The summed E-state index contributed by atoms with van der Waals surface area (Å²) < 4.78 is 14.5. The molecule has 0 heterocycles. The summed E-state index contributed by atoms with van der Waals surface area (Å²) >= 11 is 3.35. The summed E-state index contributed by atoms with van der Waals surface area (Å²) in [6.45, 7) is 2.08. The van der Waals surface area contributed by atoms with Gasteiger partial charge in [-0.05, 0) is 36.1 Å². The molecule has 0 saturated heterocycles. The minimum absolute atomic E-state index is 0.137. The Kier molecular flexibility index (Phi) is 4.84. The molecule has 0 aliphatic rings. The zero-order valence-electron chi connectivity index (χ0n) is 8.76. The minimum atomic E-state index is -0.160. The van der Waals surface area contributed by atoms with Crippen molar-refractivity contribution >= 4 is 15.9 Å². The van der Waals surface area contributed by atoms with E-state index in [9.17, 15) is 4.39 Å². The van der Waals surface area contributed by atoms with Gasteiger partial charge in [-0.2, -0.15) is 0 Å². The molecule has 1 aromatic rings. The van der Waals surface area contributed by atoms with Crippen LogP contribution in [0.25, 0.3) is 0 Å². The van der Waals surface area contributed by atoms with Gasteiger partial charge in [0.1, 0.15) is 5.82 Å². The van der Waals surface area contributed by atoms with Crippen molar-refractivity contribution in [3.63, 3.8) is 0 Å². The summed E-state index contributed by atoms with van der Waals surface area (Å²) in [5, 5.41) is 0. The van der Waals surface area contributed by atoms with E-state index in [-0.39, 0.29) is 11.7 Å². The Morgan fingerprint density at radius 1 is 1.53 bits per heavy atom. The zero-order chi connectivity index (χ0) is 11.3. The van der Waals surface area contributed by atoms with E-state index in [1.54, 1.807) is 6.07 Å². The van der Waals surface area contributed by atoms with Crippen molar-refractivity contribution < 1.29 is 4.39 Å². The van der Waals surface area contributed by atoms with Gasteiger partial charge in [0.15, 0.2) is 0 Å². The summed E-state index contributed by atoms with van der Waals surface area (Å²) in [7, 11) is 0. The van der Waals surface area contributed by atoms with Crippen molar-refractivity contribution in [2.75, 3.05) is 0 Å². The normalized spacial score (nSPS) is 12.1. The first kappa shape index (κ1) is 12.3. The summed E-state index contributed by atoms with van der Waals surface area (Å²) in [5.74, 6) is 2.59. The smallest absolute Gasteiger partial charge is 0.126 e. The maximum Gasteiger partial charge on any atom is 0.126 e. The molecule has 0 aliphatic carbocycles. The number of benzene rings is 1. The maximum atomic E-state index is 13.6. The Bertz CT molecular complexity index is 365. The first-order chi connectivity index (χ1) is 7.19. The Labute approximate surface area is 99.0 Å². The highest BCUT2D eigenvalue weighted by Gasteiger charge is 2.14. The van der Waals surface area contributed by atoms with E-state index in [0.717, 1.165) is 22.9 Å². The molecular weight excluding hydrogens is 255 g/mol. The summed E-state index contributed by atoms with van der Waals surface area (Å²) in [4.78, 5) is 0. The van der Waals surface area contributed by atoms with Gasteiger partial charge < -0.3 is 0 Å². The molecule has 0 radical (unpaired) electrons. The predicted octanol–water partition coefficient (Wildman–Crippen LogP) is 4.50. The standard InChI is InChI=1S/C13H14BrF/c1-3-5-10(6-4-2)12-9-11(14)7-8-13(12)15/h1,7-10H,4-6H2,2H3. The first-order valence-electron chi connectivity index (χ1n) is 5.07. The quantitative estimate of drug-likeness (QED) is 0.706. The maximum absolute atomic E-state index is 13.6. The molecule has 0 saturated carbocycles. The first-order valence-corrected chi connectivity index (χ1v) is 5.86. The fraction of sp³-hybridized carbons (Fsp3) is 0.385. The lowest BCUT2D eigenvalue weighted by Gasteiger charge is -2.14. The number of terminal acetylenes is 1. The van der Waals surface area contributed by atoms with Crippen molar-refractivity contribution in [1.82, 2.24) is 0 Å². The van der Waals surface area contributed by atoms with Gasteiger partial charge in [-0.15, -0.1) is 12.3 Å². The molecule has 1 atom stereocenters. The van der Waals surface area contributed by atoms with Crippen LogP contribution in [0, 0.1) is 18.2 Å². The Morgan fingerprint density at radius 2 is 2.27 bits per heavy atom. The minimum Gasteiger partial charge on any atom is -0.207 e. The van der Waals surface area contributed by atoms with Crippen molar-refractivity contribution in [2.24, 2.45) is 0 Å². The van der Waals surface area contributed by atoms with E-state index in [1.807, 2.05) is 6.07 Å². The second-order valence-electron chi connectivity index (χ2n) is 3.56. The zero-order valence-corrected chi connectivity index (χ0v) is 10.3. The SMILES string of the molecule is C#CCC(CCC)c1cc(Br)ccc1F. The molecule has 0 aromatic heterocycles. The molecule has 0 bridgehead atoms. The lowest BCUT2D eigenvalue weighted by Crippen LogP contribution is -2.01. The van der Waals surface area contributed by atoms with Gasteiger partial charge in [0.05, 0.1) is 0 Å². The second kappa shape index (κ2) is 5.92. The van der Waals surface area contributed by atoms with Crippen LogP contribution in [0.1, 0.15) is 37.7 Å². The number of hydrogen-bond acceptors (Lipinski definition) is 0. The summed E-state index contributed by atoms with van der Waals surface area (Å²) in [5.41, 5.74) is 0.726. The second-order valence-corrected chi connectivity index (χ2v) is 4.48. The highest BCUT2D eigenvalue weighted by Crippen LogP contribution is 2.29. The molecule has 80 valence electrons. The summed E-state index contributed by atoms with van der Waals surface area (Å²) in [6, 6.07) is 5.02. The third-order valence-corrected chi connectivity index (χ3v) is 2.89. The number of rotatable bonds is 4. The number of halogens is 2. The topological polar surface area (TPSA) is 0 Å². The molecular formula is C13H14BrF. The molecule has 0 fully saturated rings. The molecule has 1 aromatic carbocycles. The van der Waals surface area contributed by atoms with Crippen LogP contribution in [-0.4, -0.2) is 0 Å². The van der Waals surface area contributed by atoms with E-state index < -0.39 is 0 Å². The summed E-state index contributed by atoms with van der Waals surface area (Å²) in [6.07, 6.45) is 7.84. The van der Waals surface area contributed by atoms with Crippen LogP contribution < -0.4 is 0 Å². The molecule has 0 N–H and O–H groups in total. The van der Waals surface area contributed by atoms with Crippen molar-refractivity contribution in [3.05, 3.63) is 34.1 Å². The molecule has 0 amide bonds. The monoisotopic (exact) mass is 268 g/mol. The van der Waals surface area contributed by atoms with Gasteiger partial charge in [-0.3, -0.25) is 0 Å². The van der Waals surface area contributed by atoms with Crippen molar-refractivity contribution in [2.45, 2.75) is 32.1 Å². The van der Waals surface area contributed by atoms with Crippen LogP contribution in [0.15, 0.2) is 22.7 Å². The van der Waals surface area contributed by atoms with Gasteiger partial charge >= 0.3 is 0 Å². The van der Waals surface area contributed by atoms with Crippen molar-refractivity contribution in [3.8, 4) is 12.3 Å². The molecule has 2 heteroatoms. The van der Waals surface area contributed by atoms with E-state index >= 15 is 0 Å². The third kappa shape index (κ3) is 3.35. The van der Waals surface area contributed by atoms with E-state index in [2.05, 4.69) is 28.8 Å². The van der Waals surface area contributed by atoms with Crippen molar-refractivity contribution in [1.29, 1.82) is 0 Å². The molecule has 0 aliphatic heterocycles. The van der Waals surface area contributed by atoms with Crippen LogP contribution in [0.2, 0.25) is 0 Å². The van der Waals surface area contributed by atoms with E-state index in [0.29, 0.717) is 6.42 Å². The van der Waals surface area contributed by atoms with Gasteiger partial charge in [-0.1, -0.05) is 29.3 Å². The van der Waals surface area contributed by atoms with Gasteiger partial charge in [0.2, 0.25) is 0 Å². The average Bonchev–Trinajstić information content (AvgIpc) is 2.21. The van der Waals surface area contributed by atoms with E-state index in [4.69, 9.17) is 6.42 Å². The molecule has 0 nitrogen and oxygen atoms in total. The highest BCUT2D eigenvalue weighted by molar-refractivity contribution is 9.10. The van der Waals surface area contributed by atoms with Crippen LogP contribution in [0.4, 0.5) is 4.39 Å². The van der Waals surface area contributed by atoms with Crippen LogP contribution in [0.5, 0.6) is 0 Å². The highest BCUT2D eigenvalue weighted by atomic mass is 79.9. The average molecular weight is 269 g/mol. The van der Waals surface area contributed by atoms with E-state index in [1.165, 1.54) is 6.07 Å². The Morgan fingerprint density at radius 3 is 2.87 bits per heavy atom. The van der Waals surface area contributed by atoms with Gasteiger partial charge in [0, 0.05) is 10.9 Å². The predicted molar refractivity (Wildman–Crippen MR) is 65.2 cm³/mol. The molecule has 1 unspecified atom stereocenters. The van der Waals surface area contributed by atoms with Gasteiger partial charge in [0.25, 0.3) is 0 Å². The Hall–Kier alpha value is -0.810. The largest absolute Gasteiger partial charge is 0.207 e. The van der Waals surface area contributed by atoms with Crippen LogP contribution in [0.3, 0.4) is 0 Å². The lowest BCUT2D eigenvalue weighted by atomic mass is 9.91. The van der Waals surface area contributed by atoms with Gasteiger partial charge in [-0.25, -0.2) is 4.39 Å². The van der Waals surface area contributed by atoms with Crippen LogP contribution in [-0.2, 0) is 0 Å². The van der Waals surface area contributed by atoms with Crippen LogP contribution >= 0.6 is 15.9 Å². The molecule has 15 heavy (non-hydrogen) atoms. The third-order valence-electron chi connectivity index (χ3n) is 2.40. The molecule has 0 spiro atoms. The fourth-order valence-electron chi connectivity index (χ4n) is 1.69.